The predicted octanol–water partition coefficient (Wildman–Crippen LogP) is 3.65. The number of carbonyl (C=O) groups is 1. The summed E-state index contributed by atoms with van der Waals surface area (Å²) in [4.78, 5) is 12.4. The molecule has 0 spiro atoms. The summed E-state index contributed by atoms with van der Waals surface area (Å²) in [5.74, 6) is -0.332. The number of alkyl halides is 2. The van der Waals surface area contributed by atoms with Crippen LogP contribution < -0.4 is 15.4 Å². The summed E-state index contributed by atoms with van der Waals surface area (Å²) in [5.41, 5.74) is 2.96. The number of nitrogens with one attached hydrogen (secondary N) is 2. The second-order valence-electron chi connectivity index (χ2n) is 6.03. The molecule has 5 nitrogen and oxygen atoms in total. The molecule has 1 aromatic rings. The molecule has 1 aromatic carbocycles. The van der Waals surface area contributed by atoms with Gasteiger partial charge in [0.1, 0.15) is 5.75 Å². The zero-order chi connectivity index (χ0) is 19.4. The molecule has 142 valence electrons. The van der Waals surface area contributed by atoms with Crippen molar-refractivity contribution in [3.8, 4) is 5.75 Å². The molecule has 0 aromatic heterocycles. The number of halogens is 2. The number of thiocarbonyl (C=S) groups is 1. The third-order valence-corrected chi connectivity index (χ3v) is 4.30. The quantitative estimate of drug-likeness (QED) is 0.577. The van der Waals surface area contributed by atoms with Gasteiger partial charge in [-0.2, -0.15) is 8.78 Å². The van der Waals surface area contributed by atoms with Crippen molar-refractivity contribution in [2.24, 2.45) is 0 Å². The summed E-state index contributed by atoms with van der Waals surface area (Å²) in [6.07, 6.45) is 1.45. The van der Waals surface area contributed by atoms with Gasteiger partial charge in [-0.25, -0.2) is 4.79 Å². The van der Waals surface area contributed by atoms with Crippen molar-refractivity contribution >= 4 is 23.3 Å². The van der Waals surface area contributed by atoms with Gasteiger partial charge in [0.15, 0.2) is 5.11 Å². The van der Waals surface area contributed by atoms with Gasteiger partial charge < -0.3 is 20.1 Å². The van der Waals surface area contributed by atoms with E-state index in [2.05, 4.69) is 15.4 Å². The summed E-state index contributed by atoms with van der Waals surface area (Å²) in [7, 11) is 1.32. The molecule has 2 rings (SSSR count). The van der Waals surface area contributed by atoms with E-state index in [1.54, 1.807) is 26.0 Å². The number of methoxy groups -OCH3 is 1. The summed E-state index contributed by atoms with van der Waals surface area (Å²) in [5, 5.41) is 6.50. The summed E-state index contributed by atoms with van der Waals surface area (Å²) >= 11 is 5.27. The van der Waals surface area contributed by atoms with Crippen LogP contribution in [0.15, 0.2) is 23.4 Å². The molecule has 0 radical (unpaired) electrons. The molecule has 8 heteroatoms. The molecule has 1 atom stereocenters. The molecule has 1 aliphatic heterocycles. The highest BCUT2D eigenvalue weighted by molar-refractivity contribution is 7.80. The second-order valence-corrected chi connectivity index (χ2v) is 6.44. The summed E-state index contributed by atoms with van der Waals surface area (Å²) in [6, 6.07) is 2.89. The molecule has 0 unspecified atom stereocenters. The van der Waals surface area contributed by atoms with E-state index < -0.39 is 18.6 Å². The van der Waals surface area contributed by atoms with Crippen molar-refractivity contribution in [1.29, 1.82) is 0 Å². The molecule has 0 aliphatic carbocycles. The van der Waals surface area contributed by atoms with Crippen LogP contribution in [0.3, 0.4) is 0 Å². The zero-order valence-corrected chi connectivity index (χ0v) is 15.9. The Morgan fingerprint density at radius 1 is 1.31 bits per heavy atom. The Kier molecular flexibility index (Phi) is 6.52. The van der Waals surface area contributed by atoms with E-state index in [0.717, 1.165) is 12.0 Å². The van der Waals surface area contributed by atoms with Crippen molar-refractivity contribution < 1.29 is 23.0 Å². The zero-order valence-electron chi connectivity index (χ0n) is 15.1. The average Bonchev–Trinajstić information content (AvgIpc) is 2.57. The van der Waals surface area contributed by atoms with Crippen molar-refractivity contribution in [3.63, 3.8) is 0 Å². The number of allylic oxidation sites excluding steroid dienone is 1. The van der Waals surface area contributed by atoms with E-state index in [0.29, 0.717) is 33.9 Å². The lowest BCUT2D eigenvalue weighted by molar-refractivity contribution is -0.136. The van der Waals surface area contributed by atoms with Crippen molar-refractivity contribution in [3.05, 3.63) is 40.1 Å². The van der Waals surface area contributed by atoms with Crippen LogP contribution >= 0.6 is 12.2 Å². The first kappa shape index (κ1) is 20.1. The molecule has 2 N–H and O–H groups in total. The van der Waals surface area contributed by atoms with Crippen LogP contribution in [0.25, 0.3) is 0 Å². The monoisotopic (exact) mass is 384 g/mol. The maximum Gasteiger partial charge on any atom is 0.387 e. The second kappa shape index (κ2) is 8.44. The van der Waals surface area contributed by atoms with E-state index in [-0.39, 0.29) is 5.75 Å². The lowest BCUT2D eigenvalue weighted by Crippen LogP contribution is -2.45. The van der Waals surface area contributed by atoms with Crippen LogP contribution in [0.2, 0.25) is 0 Å². The first-order valence-electron chi connectivity index (χ1n) is 8.23. The van der Waals surface area contributed by atoms with Gasteiger partial charge in [0, 0.05) is 5.70 Å². The van der Waals surface area contributed by atoms with Crippen LogP contribution in [-0.4, -0.2) is 24.8 Å². The molecule has 0 fully saturated rings. The molecule has 0 bridgehead atoms. The fourth-order valence-corrected chi connectivity index (χ4v) is 3.33. The van der Waals surface area contributed by atoms with Gasteiger partial charge in [0.05, 0.1) is 18.7 Å². The van der Waals surface area contributed by atoms with E-state index in [1.165, 1.54) is 7.11 Å². The van der Waals surface area contributed by atoms with Gasteiger partial charge in [0.25, 0.3) is 0 Å². The molecule has 0 saturated carbocycles. The standard InChI is InChI=1S/C18H22F2N2O3S/c1-5-6-12-13(16(23)24-4)14(22-18(26)21-12)11-7-9(2)15(10(3)8-11)25-17(19)20/h7-8,14,17H,5-6H2,1-4H3,(H2,21,22,26)/t14-/m0/s1. The van der Waals surface area contributed by atoms with Gasteiger partial charge in [-0.3, -0.25) is 0 Å². The maximum absolute atomic E-state index is 12.6. The Labute approximate surface area is 156 Å². The number of ether oxygens (including phenoxy) is 2. The highest BCUT2D eigenvalue weighted by atomic mass is 32.1. The molecule has 0 amide bonds. The summed E-state index contributed by atoms with van der Waals surface area (Å²) < 4.78 is 34.8. The number of rotatable bonds is 6. The Morgan fingerprint density at radius 3 is 2.42 bits per heavy atom. The lowest BCUT2D eigenvalue weighted by Gasteiger charge is -2.31. The Balaban J connectivity index is 2.55. The predicted molar refractivity (Wildman–Crippen MR) is 98.1 cm³/mol. The third kappa shape index (κ3) is 4.30. The Bertz CT molecular complexity index is 727. The molecule has 1 aliphatic rings. The minimum Gasteiger partial charge on any atom is -0.466 e. The Morgan fingerprint density at radius 2 is 1.92 bits per heavy atom. The average molecular weight is 384 g/mol. The highest BCUT2D eigenvalue weighted by Gasteiger charge is 2.32. The van der Waals surface area contributed by atoms with Gasteiger partial charge >= 0.3 is 12.6 Å². The molecular weight excluding hydrogens is 362 g/mol. The van der Waals surface area contributed by atoms with Crippen LogP contribution in [0, 0.1) is 13.8 Å². The Hall–Kier alpha value is -2.22. The first-order valence-corrected chi connectivity index (χ1v) is 8.64. The maximum atomic E-state index is 12.6. The minimum atomic E-state index is -2.90. The van der Waals surface area contributed by atoms with Gasteiger partial charge in [-0.15, -0.1) is 0 Å². The van der Waals surface area contributed by atoms with E-state index >= 15 is 0 Å². The topological polar surface area (TPSA) is 59.6 Å². The number of benzene rings is 1. The number of hydrogen-bond donors (Lipinski definition) is 2. The smallest absolute Gasteiger partial charge is 0.387 e. The van der Waals surface area contributed by atoms with Crippen molar-refractivity contribution in [2.75, 3.05) is 7.11 Å². The number of carbonyl (C=O) groups excluding carboxylic acids is 1. The van der Waals surface area contributed by atoms with E-state index in [9.17, 15) is 13.6 Å². The largest absolute Gasteiger partial charge is 0.466 e. The molecule has 26 heavy (non-hydrogen) atoms. The fraction of sp³-hybridized carbons (Fsp3) is 0.444. The van der Waals surface area contributed by atoms with Crippen LogP contribution in [-0.2, 0) is 9.53 Å². The molecule has 1 heterocycles. The van der Waals surface area contributed by atoms with E-state index in [4.69, 9.17) is 17.0 Å². The molecule has 0 saturated heterocycles. The normalized spacial score (nSPS) is 17.0. The number of esters is 1. The lowest BCUT2D eigenvalue weighted by atomic mass is 9.91. The van der Waals surface area contributed by atoms with Gasteiger partial charge in [-0.05, 0) is 61.3 Å². The third-order valence-electron chi connectivity index (χ3n) is 4.08. The van der Waals surface area contributed by atoms with Crippen molar-refractivity contribution in [1.82, 2.24) is 10.6 Å². The number of hydrogen-bond acceptors (Lipinski definition) is 4. The number of aryl methyl sites for hydroxylation is 2. The van der Waals surface area contributed by atoms with E-state index in [1.807, 2.05) is 6.92 Å². The molecular formula is C18H22F2N2O3S. The fourth-order valence-electron chi connectivity index (χ4n) is 3.09. The summed E-state index contributed by atoms with van der Waals surface area (Å²) in [6.45, 7) is 2.46. The van der Waals surface area contributed by atoms with Gasteiger partial charge in [0.2, 0.25) is 0 Å². The highest BCUT2D eigenvalue weighted by Crippen LogP contribution is 2.34. The SMILES string of the molecule is CCCC1=C(C(=O)OC)[C@H](c2cc(C)c(OC(F)F)c(C)c2)NC(=S)N1. The van der Waals surface area contributed by atoms with Gasteiger partial charge in [-0.1, -0.05) is 13.3 Å². The van der Waals surface area contributed by atoms with Crippen LogP contribution in [0.5, 0.6) is 5.75 Å². The van der Waals surface area contributed by atoms with Crippen LogP contribution in [0.4, 0.5) is 8.78 Å². The van der Waals surface area contributed by atoms with Crippen LogP contribution in [0.1, 0.15) is 42.5 Å². The van der Waals surface area contributed by atoms with Crippen molar-refractivity contribution in [2.45, 2.75) is 46.3 Å². The first-order chi connectivity index (χ1) is 12.3. The minimum absolute atomic E-state index is 0.137.